The standard InChI is InChI=1S/C13H10F3NO2S/c14-8-4-5-13(12(17)6-8)20(18,19)7-9-10(15)2-1-3-11(9)16/h1-6H,7,17H2. The number of hydrogen-bond donors (Lipinski definition) is 1. The van der Waals surface area contributed by atoms with E-state index in [9.17, 15) is 21.6 Å². The van der Waals surface area contributed by atoms with Crippen molar-refractivity contribution in [2.24, 2.45) is 0 Å². The van der Waals surface area contributed by atoms with Crippen molar-refractivity contribution >= 4 is 15.5 Å². The number of benzene rings is 2. The lowest BCUT2D eigenvalue weighted by atomic mass is 10.2. The van der Waals surface area contributed by atoms with Gasteiger partial charge in [-0.3, -0.25) is 0 Å². The summed E-state index contributed by atoms with van der Waals surface area (Å²) in [5.74, 6) is -3.51. The maximum absolute atomic E-state index is 13.5. The van der Waals surface area contributed by atoms with Crippen molar-refractivity contribution in [3.8, 4) is 0 Å². The van der Waals surface area contributed by atoms with E-state index in [1.807, 2.05) is 0 Å². The van der Waals surface area contributed by atoms with Gasteiger partial charge in [0.05, 0.1) is 16.3 Å². The number of nitrogens with two attached hydrogens (primary N) is 1. The van der Waals surface area contributed by atoms with E-state index in [4.69, 9.17) is 5.73 Å². The Morgan fingerprint density at radius 1 is 1.00 bits per heavy atom. The van der Waals surface area contributed by atoms with E-state index in [1.165, 1.54) is 0 Å². The Morgan fingerprint density at radius 2 is 1.60 bits per heavy atom. The van der Waals surface area contributed by atoms with Crippen LogP contribution in [0.2, 0.25) is 0 Å². The molecule has 0 aliphatic heterocycles. The van der Waals surface area contributed by atoms with Crippen LogP contribution in [-0.4, -0.2) is 8.42 Å². The van der Waals surface area contributed by atoms with Gasteiger partial charge in [-0.1, -0.05) is 6.07 Å². The van der Waals surface area contributed by atoms with E-state index in [2.05, 4.69) is 0 Å². The molecule has 0 amide bonds. The van der Waals surface area contributed by atoms with Crippen molar-refractivity contribution < 1.29 is 21.6 Å². The summed E-state index contributed by atoms with van der Waals surface area (Å²) in [4.78, 5) is -0.360. The molecule has 0 unspecified atom stereocenters. The topological polar surface area (TPSA) is 60.2 Å². The van der Waals surface area contributed by atoms with Crippen LogP contribution in [-0.2, 0) is 15.6 Å². The second-order valence-corrected chi connectivity index (χ2v) is 6.10. The van der Waals surface area contributed by atoms with Crippen LogP contribution in [0, 0.1) is 17.5 Å². The van der Waals surface area contributed by atoms with Crippen LogP contribution in [0.15, 0.2) is 41.3 Å². The van der Waals surface area contributed by atoms with Crippen LogP contribution in [0.4, 0.5) is 18.9 Å². The van der Waals surface area contributed by atoms with Crippen LogP contribution in [0.5, 0.6) is 0 Å². The Morgan fingerprint density at radius 3 is 2.15 bits per heavy atom. The van der Waals surface area contributed by atoms with Gasteiger partial charge in [0.1, 0.15) is 17.5 Å². The molecule has 0 heterocycles. The first-order valence-corrected chi connectivity index (χ1v) is 7.17. The van der Waals surface area contributed by atoms with Crippen LogP contribution >= 0.6 is 0 Å². The Bertz CT molecular complexity index is 740. The number of nitrogen functional groups attached to an aromatic ring is 1. The van der Waals surface area contributed by atoms with E-state index in [0.717, 1.165) is 36.4 Å². The lowest BCUT2D eigenvalue weighted by Crippen LogP contribution is -2.10. The first-order valence-electron chi connectivity index (χ1n) is 5.52. The van der Waals surface area contributed by atoms with Crippen molar-refractivity contribution in [1.29, 1.82) is 0 Å². The molecule has 0 radical (unpaired) electrons. The Kier molecular flexibility index (Phi) is 3.71. The fourth-order valence-electron chi connectivity index (χ4n) is 1.74. The highest BCUT2D eigenvalue weighted by molar-refractivity contribution is 7.90. The molecule has 2 N–H and O–H groups in total. The molecule has 0 atom stereocenters. The monoisotopic (exact) mass is 301 g/mol. The Hall–Kier alpha value is -2.02. The van der Waals surface area contributed by atoms with Gasteiger partial charge >= 0.3 is 0 Å². The molecule has 7 heteroatoms. The van der Waals surface area contributed by atoms with Crippen LogP contribution < -0.4 is 5.73 Å². The number of halogens is 3. The quantitative estimate of drug-likeness (QED) is 0.700. The van der Waals surface area contributed by atoms with Gasteiger partial charge in [0.25, 0.3) is 0 Å². The second-order valence-electron chi connectivity index (χ2n) is 4.14. The minimum atomic E-state index is -4.08. The van der Waals surface area contributed by atoms with Crippen LogP contribution in [0.3, 0.4) is 0 Å². The summed E-state index contributed by atoms with van der Waals surface area (Å²) < 4.78 is 64.0. The summed E-state index contributed by atoms with van der Waals surface area (Å²) in [7, 11) is -4.08. The second kappa shape index (κ2) is 5.16. The molecule has 0 aliphatic carbocycles. The molecule has 0 aromatic heterocycles. The van der Waals surface area contributed by atoms with Crippen molar-refractivity contribution in [2.45, 2.75) is 10.6 Å². The largest absolute Gasteiger partial charge is 0.398 e. The highest BCUT2D eigenvalue weighted by Gasteiger charge is 2.22. The Balaban J connectivity index is 2.46. The van der Waals surface area contributed by atoms with E-state index in [1.54, 1.807) is 0 Å². The molecule has 2 aromatic carbocycles. The summed E-state index contributed by atoms with van der Waals surface area (Å²) >= 11 is 0. The van der Waals surface area contributed by atoms with Crippen molar-refractivity contribution in [1.82, 2.24) is 0 Å². The third kappa shape index (κ3) is 2.77. The fraction of sp³-hybridized carbons (Fsp3) is 0.0769. The molecule has 2 rings (SSSR count). The van der Waals surface area contributed by atoms with Gasteiger partial charge < -0.3 is 5.73 Å². The van der Waals surface area contributed by atoms with E-state index < -0.39 is 38.6 Å². The third-order valence-electron chi connectivity index (χ3n) is 2.70. The lowest BCUT2D eigenvalue weighted by Gasteiger charge is -2.09. The van der Waals surface area contributed by atoms with Gasteiger partial charge in [-0.2, -0.15) is 0 Å². The average molecular weight is 301 g/mol. The van der Waals surface area contributed by atoms with Gasteiger partial charge in [0.2, 0.25) is 0 Å². The zero-order valence-corrected chi connectivity index (χ0v) is 10.9. The molecule has 0 fully saturated rings. The summed E-state index contributed by atoms with van der Waals surface area (Å²) in [5.41, 5.74) is 4.55. The molecular weight excluding hydrogens is 291 g/mol. The SMILES string of the molecule is Nc1cc(F)ccc1S(=O)(=O)Cc1c(F)cccc1F. The fourth-order valence-corrected chi connectivity index (χ4v) is 3.25. The molecule has 0 bridgehead atoms. The molecule has 3 nitrogen and oxygen atoms in total. The van der Waals surface area contributed by atoms with Gasteiger partial charge in [-0.25, -0.2) is 21.6 Å². The van der Waals surface area contributed by atoms with E-state index in [0.29, 0.717) is 0 Å². The smallest absolute Gasteiger partial charge is 0.184 e. The predicted octanol–water partition coefficient (Wildman–Crippen LogP) is 2.66. The zero-order chi connectivity index (χ0) is 14.9. The maximum atomic E-state index is 13.5. The minimum absolute atomic E-state index is 0.304. The summed E-state index contributed by atoms with van der Waals surface area (Å²) in [5, 5.41) is 0. The zero-order valence-electron chi connectivity index (χ0n) is 10.1. The highest BCUT2D eigenvalue weighted by atomic mass is 32.2. The van der Waals surface area contributed by atoms with Crippen LogP contribution in [0.25, 0.3) is 0 Å². The number of anilines is 1. The predicted molar refractivity (Wildman–Crippen MR) is 68.1 cm³/mol. The van der Waals surface area contributed by atoms with Gasteiger partial charge in [0.15, 0.2) is 9.84 Å². The molecule has 0 spiro atoms. The first-order chi connectivity index (χ1) is 9.31. The van der Waals surface area contributed by atoms with Crippen molar-refractivity contribution in [3.05, 3.63) is 59.4 Å². The van der Waals surface area contributed by atoms with Crippen LogP contribution in [0.1, 0.15) is 5.56 Å². The molecule has 2 aromatic rings. The van der Waals surface area contributed by atoms with Crippen molar-refractivity contribution in [3.63, 3.8) is 0 Å². The number of hydrogen-bond acceptors (Lipinski definition) is 3. The molecule has 0 aliphatic rings. The van der Waals surface area contributed by atoms with Gasteiger partial charge in [-0.05, 0) is 30.3 Å². The van der Waals surface area contributed by atoms with E-state index >= 15 is 0 Å². The summed E-state index contributed by atoms with van der Waals surface area (Å²) in [6, 6.07) is 5.78. The molecular formula is C13H10F3NO2S. The van der Waals surface area contributed by atoms with E-state index in [-0.39, 0.29) is 10.6 Å². The van der Waals surface area contributed by atoms with Gasteiger partial charge in [0, 0.05) is 5.56 Å². The summed E-state index contributed by atoms with van der Waals surface area (Å²) in [6.45, 7) is 0. The lowest BCUT2D eigenvalue weighted by molar-refractivity contribution is 0.555. The number of sulfone groups is 1. The molecule has 106 valence electrons. The number of rotatable bonds is 3. The normalized spacial score (nSPS) is 11.6. The average Bonchev–Trinajstić information content (AvgIpc) is 2.33. The molecule has 20 heavy (non-hydrogen) atoms. The first kappa shape index (κ1) is 14.4. The minimum Gasteiger partial charge on any atom is -0.398 e. The highest BCUT2D eigenvalue weighted by Crippen LogP contribution is 2.25. The van der Waals surface area contributed by atoms with Crippen molar-refractivity contribution in [2.75, 3.05) is 5.73 Å². The Labute approximate surface area is 113 Å². The van der Waals surface area contributed by atoms with Gasteiger partial charge in [-0.15, -0.1) is 0 Å². The molecule has 0 saturated carbocycles. The third-order valence-corrected chi connectivity index (χ3v) is 4.41. The summed E-state index contributed by atoms with van der Waals surface area (Å²) in [6.07, 6.45) is 0. The molecule has 0 saturated heterocycles. The maximum Gasteiger partial charge on any atom is 0.184 e.